The standard InChI is InChI=1S/C48H63N11O5/c1-54-22-26-56(27-23-54)47(62)51-32-42(60)58-20-7-11-40(58)45-50-31-41(64-45)36-18-14-34(15-19-36)33-12-16-35(17-13-33)38-30-49-44(52-38)39-10-6-21-59(39)46(61)43(37-8-4-3-5-9-37)53-48(63)57-28-24-55(2)25-29-57/h3-5,8-9,12-13,16-17,30-31,34,36,39-40,43H,6-7,10-11,14-15,18-29,32H2,1-2H3,(H,49,52)(H,51,62)(H,53,63). The summed E-state index contributed by atoms with van der Waals surface area (Å²) in [6.45, 7) is 7.05. The number of aromatic nitrogens is 3. The zero-order chi connectivity index (χ0) is 44.2. The third-order valence-corrected chi connectivity index (χ3v) is 14.3. The van der Waals surface area contributed by atoms with Crippen LogP contribution in [0.5, 0.6) is 0 Å². The minimum atomic E-state index is -0.792. The van der Waals surface area contributed by atoms with Gasteiger partial charge in [-0.1, -0.05) is 54.6 Å². The minimum Gasteiger partial charge on any atom is -0.443 e. The van der Waals surface area contributed by atoms with Crippen molar-refractivity contribution in [2.24, 2.45) is 0 Å². The number of nitrogens with zero attached hydrogens (tertiary/aromatic N) is 8. The number of imidazole rings is 1. The Morgan fingerprint density at radius 2 is 1.31 bits per heavy atom. The summed E-state index contributed by atoms with van der Waals surface area (Å²) in [5, 5.41) is 5.92. The van der Waals surface area contributed by atoms with Gasteiger partial charge in [0.2, 0.25) is 17.7 Å². The number of carbonyl (C=O) groups excluding carboxylic acids is 4. The summed E-state index contributed by atoms with van der Waals surface area (Å²) in [5.41, 5.74) is 4.04. The smallest absolute Gasteiger partial charge is 0.318 e. The van der Waals surface area contributed by atoms with E-state index in [1.54, 1.807) is 9.80 Å². The van der Waals surface area contributed by atoms with Crippen LogP contribution in [0.3, 0.4) is 0 Å². The normalized spacial score (nSPS) is 23.9. The van der Waals surface area contributed by atoms with Crippen molar-refractivity contribution in [1.82, 2.24) is 55.0 Å². The molecule has 4 aromatic rings. The van der Waals surface area contributed by atoms with E-state index in [1.807, 2.05) is 59.6 Å². The summed E-state index contributed by atoms with van der Waals surface area (Å²) in [7, 11) is 4.10. The Hall–Kier alpha value is -5.74. The van der Waals surface area contributed by atoms with E-state index >= 15 is 0 Å². The quantitative estimate of drug-likeness (QED) is 0.187. The number of rotatable bonds is 10. The van der Waals surface area contributed by atoms with Crippen LogP contribution in [0, 0.1) is 0 Å². The zero-order valence-corrected chi connectivity index (χ0v) is 37.3. The van der Waals surface area contributed by atoms with Crippen molar-refractivity contribution in [1.29, 1.82) is 0 Å². The fourth-order valence-corrected chi connectivity index (χ4v) is 10.3. The van der Waals surface area contributed by atoms with E-state index in [-0.39, 0.29) is 48.4 Å². The number of urea groups is 2. The summed E-state index contributed by atoms with van der Waals surface area (Å²) in [4.78, 5) is 78.4. The van der Waals surface area contributed by atoms with Gasteiger partial charge < -0.3 is 49.4 Å². The van der Waals surface area contributed by atoms with Gasteiger partial charge in [-0.2, -0.15) is 0 Å². The number of amides is 6. The Morgan fingerprint density at radius 3 is 2.00 bits per heavy atom. The molecule has 2 aromatic heterocycles. The van der Waals surface area contributed by atoms with Gasteiger partial charge in [-0.25, -0.2) is 19.6 Å². The maximum atomic E-state index is 14.3. The van der Waals surface area contributed by atoms with Gasteiger partial charge >= 0.3 is 12.1 Å². The van der Waals surface area contributed by atoms with Crippen LogP contribution in [0.15, 0.2) is 71.4 Å². The molecule has 16 nitrogen and oxygen atoms in total. The van der Waals surface area contributed by atoms with E-state index in [0.717, 1.165) is 106 Å². The molecule has 2 aromatic carbocycles. The van der Waals surface area contributed by atoms with Crippen LogP contribution in [0.1, 0.15) is 110 Å². The number of H-pyrrole nitrogens is 1. The largest absolute Gasteiger partial charge is 0.443 e. The number of nitrogens with one attached hydrogen (secondary N) is 3. The molecule has 64 heavy (non-hydrogen) atoms. The van der Waals surface area contributed by atoms with Crippen LogP contribution < -0.4 is 10.6 Å². The summed E-state index contributed by atoms with van der Waals surface area (Å²) >= 11 is 0. The van der Waals surface area contributed by atoms with Crippen LogP contribution in [0.25, 0.3) is 11.3 Å². The molecule has 3 unspecified atom stereocenters. The molecule has 6 heterocycles. The molecule has 6 amide bonds. The second-order valence-corrected chi connectivity index (χ2v) is 18.4. The molecule has 16 heteroatoms. The molecule has 4 saturated heterocycles. The fraction of sp³-hybridized carbons (Fsp3) is 0.542. The maximum absolute atomic E-state index is 14.3. The maximum Gasteiger partial charge on any atom is 0.318 e. The first-order valence-corrected chi connectivity index (χ1v) is 23.4. The van der Waals surface area contributed by atoms with E-state index in [9.17, 15) is 19.2 Å². The molecule has 0 radical (unpaired) electrons. The second kappa shape index (κ2) is 19.6. The lowest BCUT2D eigenvalue weighted by Crippen LogP contribution is -2.53. The molecule has 0 bridgehead atoms. The monoisotopic (exact) mass is 874 g/mol. The number of carbonyl (C=O) groups is 4. The van der Waals surface area contributed by atoms with Crippen molar-refractivity contribution in [3.8, 4) is 11.3 Å². The Morgan fingerprint density at radius 1 is 0.688 bits per heavy atom. The number of aromatic amines is 1. The number of likely N-dealkylation sites (tertiary alicyclic amines) is 2. The Kier molecular flexibility index (Phi) is 13.3. The highest BCUT2D eigenvalue weighted by Gasteiger charge is 2.38. The van der Waals surface area contributed by atoms with Gasteiger partial charge in [-0.15, -0.1) is 0 Å². The Balaban J connectivity index is 0.778. The van der Waals surface area contributed by atoms with Crippen molar-refractivity contribution in [2.75, 3.05) is 86.1 Å². The van der Waals surface area contributed by atoms with Gasteiger partial charge in [0, 0.05) is 71.4 Å². The van der Waals surface area contributed by atoms with E-state index in [0.29, 0.717) is 51.1 Å². The first kappa shape index (κ1) is 43.5. The predicted octanol–water partition coefficient (Wildman–Crippen LogP) is 5.49. The first-order chi connectivity index (χ1) is 31.2. The molecule has 5 fully saturated rings. The summed E-state index contributed by atoms with van der Waals surface area (Å²) in [6, 6.07) is 16.7. The Labute approximate surface area is 375 Å². The second-order valence-electron chi connectivity index (χ2n) is 18.4. The van der Waals surface area contributed by atoms with Gasteiger partial charge in [-0.05, 0) is 88.1 Å². The minimum absolute atomic E-state index is 0.0265. The highest BCUT2D eigenvalue weighted by molar-refractivity contribution is 5.89. The molecule has 1 saturated carbocycles. The predicted molar refractivity (Wildman–Crippen MR) is 241 cm³/mol. The van der Waals surface area contributed by atoms with Crippen molar-refractivity contribution in [3.63, 3.8) is 0 Å². The third-order valence-electron chi connectivity index (χ3n) is 14.3. The average Bonchev–Trinajstić information content (AvgIpc) is 4.18. The highest BCUT2D eigenvalue weighted by Crippen LogP contribution is 2.42. The lowest BCUT2D eigenvalue weighted by atomic mass is 9.78. The Bertz CT molecular complexity index is 2220. The molecule has 3 N–H and O–H groups in total. The molecule has 5 aliphatic rings. The SMILES string of the molecule is CN1CCN(C(=O)NCC(=O)N2CCCC2c2ncc(C3CCC(c4ccc(-c5cnc(C6CCCN6C(=O)C(NC(=O)N6CCN(C)CC6)c6ccccc6)[nH]5)cc4)CC3)o2)CC1. The number of piperazine rings is 2. The molecular formula is C48H63N11O5. The van der Waals surface area contributed by atoms with Crippen LogP contribution in [-0.2, 0) is 9.59 Å². The number of benzene rings is 2. The van der Waals surface area contributed by atoms with Crippen molar-refractivity contribution >= 4 is 23.9 Å². The molecule has 9 rings (SSSR count). The number of likely N-dealkylation sites (N-methyl/N-ethyl adjacent to an activating group) is 2. The third kappa shape index (κ3) is 9.67. The topological polar surface area (TPSA) is 166 Å². The van der Waals surface area contributed by atoms with Crippen molar-refractivity contribution < 1.29 is 23.6 Å². The van der Waals surface area contributed by atoms with Gasteiger partial charge in [0.05, 0.1) is 30.7 Å². The fourth-order valence-electron chi connectivity index (χ4n) is 10.3. The first-order valence-electron chi connectivity index (χ1n) is 23.4. The van der Waals surface area contributed by atoms with E-state index in [1.165, 1.54) is 5.56 Å². The number of hydrogen-bond acceptors (Lipinski definition) is 9. The van der Waals surface area contributed by atoms with Crippen LogP contribution in [0.2, 0.25) is 0 Å². The van der Waals surface area contributed by atoms with Gasteiger partial charge in [-0.3, -0.25) is 9.59 Å². The molecule has 4 aliphatic heterocycles. The van der Waals surface area contributed by atoms with Crippen molar-refractivity contribution in [2.45, 2.75) is 81.3 Å². The van der Waals surface area contributed by atoms with Crippen LogP contribution >= 0.6 is 0 Å². The molecular weight excluding hydrogens is 811 g/mol. The lowest BCUT2D eigenvalue weighted by molar-refractivity contribution is -0.134. The number of oxazole rings is 1. The molecule has 3 atom stereocenters. The highest BCUT2D eigenvalue weighted by atomic mass is 16.4. The van der Waals surface area contributed by atoms with Gasteiger partial charge in [0.1, 0.15) is 23.7 Å². The van der Waals surface area contributed by atoms with Crippen LogP contribution in [-0.4, -0.2) is 154 Å². The van der Waals surface area contributed by atoms with Crippen molar-refractivity contribution in [3.05, 3.63) is 95.6 Å². The van der Waals surface area contributed by atoms with Crippen LogP contribution in [0.4, 0.5) is 9.59 Å². The van der Waals surface area contributed by atoms with E-state index in [2.05, 4.69) is 61.7 Å². The van der Waals surface area contributed by atoms with Gasteiger partial charge in [0.15, 0.2) is 0 Å². The molecule has 1 aliphatic carbocycles. The van der Waals surface area contributed by atoms with E-state index < -0.39 is 6.04 Å². The lowest BCUT2D eigenvalue weighted by Gasteiger charge is -2.34. The molecule has 0 spiro atoms. The molecule has 340 valence electrons. The van der Waals surface area contributed by atoms with Gasteiger partial charge in [0.25, 0.3) is 0 Å². The van der Waals surface area contributed by atoms with E-state index in [4.69, 9.17) is 9.40 Å². The summed E-state index contributed by atoms with van der Waals surface area (Å²) < 4.78 is 6.40. The average molecular weight is 874 g/mol. The zero-order valence-electron chi connectivity index (χ0n) is 37.3. The summed E-state index contributed by atoms with van der Waals surface area (Å²) in [5.74, 6) is 2.76. The summed E-state index contributed by atoms with van der Waals surface area (Å²) in [6.07, 6.45) is 11.1. The number of hydrogen-bond donors (Lipinski definition) is 3.